The van der Waals surface area contributed by atoms with E-state index in [1.165, 1.54) is 25.6 Å². The van der Waals surface area contributed by atoms with Crippen LogP contribution in [0.15, 0.2) is 22.8 Å². The van der Waals surface area contributed by atoms with E-state index in [2.05, 4.69) is 17.1 Å². The number of carbonyl (C=O) groups is 1. The molecular formula is C14H22N2O2. The van der Waals surface area contributed by atoms with E-state index in [0.717, 1.165) is 25.9 Å². The standard InChI is InChI=1S/C14H22N2O2/c1-2-3-8-16-9-6-12(7-10-16)15-14(17)13-5-4-11-18-13/h4-5,11-12H,2-3,6-10H2,1H3,(H,15,17). The lowest BCUT2D eigenvalue weighted by Crippen LogP contribution is -2.44. The van der Waals surface area contributed by atoms with E-state index in [1.807, 2.05) is 0 Å². The molecule has 0 spiro atoms. The SMILES string of the molecule is CCCCN1CCC(NC(=O)c2ccco2)CC1. The number of amides is 1. The van der Waals surface area contributed by atoms with Crippen LogP contribution in [0.4, 0.5) is 0 Å². The van der Waals surface area contributed by atoms with Crippen LogP contribution in [0.2, 0.25) is 0 Å². The van der Waals surface area contributed by atoms with Gasteiger partial charge < -0.3 is 14.6 Å². The lowest BCUT2D eigenvalue weighted by molar-refractivity contribution is 0.0883. The van der Waals surface area contributed by atoms with Gasteiger partial charge in [0.25, 0.3) is 5.91 Å². The first kappa shape index (κ1) is 13.1. The van der Waals surface area contributed by atoms with Crippen LogP contribution in [0.5, 0.6) is 0 Å². The zero-order valence-electron chi connectivity index (χ0n) is 11.0. The van der Waals surface area contributed by atoms with Gasteiger partial charge in [0.15, 0.2) is 5.76 Å². The molecule has 1 N–H and O–H groups in total. The maximum absolute atomic E-state index is 11.8. The van der Waals surface area contributed by atoms with Crippen molar-refractivity contribution < 1.29 is 9.21 Å². The highest BCUT2D eigenvalue weighted by Crippen LogP contribution is 2.12. The first-order valence-electron chi connectivity index (χ1n) is 6.86. The minimum absolute atomic E-state index is 0.0907. The van der Waals surface area contributed by atoms with Crippen LogP contribution >= 0.6 is 0 Å². The molecule has 0 aromatic carbocycles. The number of nitrogens with zero attached hydrogens (tertiary/aromatic N) is 1. The van der Waals surface area contributed by atoms with Crippen molar-refractivity contribution in [3.63, 3.8) is 0 Å². The van der Waals surface area contributed by atoms with Gasteiger partial charge in [0, 0.05) is 19.1 Å². The van der Waals surface area contributed by atoms with Gasteiger partial charge in [0.1, 0.15) is 0 Å². The van der Waals surface area contributed by atoms with E-state index in [1.54, 1.807) is 12.1 Å². The second kappa shape index (κ2) is 6.59. The monoisotopic (exact) mass is 250 g/mol. The number of carbonyl (C=O) groups excluding carboxylic acids is 1. The summed E-state index contributed by atoms with van der Waals surface area (Å²) in [6.07, 6.45) is 6.12. The summed E-state index contributed by atoms with van der Waals surface area (Å²) in [5.74, 6) is 0.315. The Morgan fingerprint density at radius 2 is 2.28 bits per heavy atom. The Hall–Kier alpha value is -1.29. The fourth-order valence-corrected chi connectivity index (χ4v) is 2.35. The van der Waals surface area contributed by atoms with Gasteiger partial charge in [-0.3, -0.25) is 4.79 Å². The summed E-state index contributed by atoms with van der Waals surface area (Å²) in [6, 6.07) is 3.73. The molecule has 4 heteroatoms. The van der Waals surface area contributed by atoms with Crippen LogP contribution in [0.25, 0.3) is 0 Å². The minimum Gasteiger partial charge on any atom is -0.459 e. The quantitative estimate of drug-likeness (QED) is 0.872. The number of furan rings is 1. The lowest BCUT2D eigenvalue weighted by atomic mass is 10.0. The van der Waals surface area contributed by atoms with Gasteiger partial charge >= 0.3 is 0 Å². The Labute approximate surface area is 108 Å². The highest BCUT2D eigenvalue weighted by atomic mass is 16.3. The molecule has 1 aliphatic rings. The molecule has 4 nitrogen and oxygen atoms in total. The Kier molecular flexibility index (Phi) is 4.81. The predicted octanol–water partition coefficient (Wildman–Crippen LogP) is 2.27. The average molecular weight is 250 g/mol. The molecule has 0 saturated carbocycles. The van der Waals surface area contributed by atoms with Gasteiger partial charge in [-0.1, -0.05) is 13.3 Å². The summed E-state index contributed by atoms with van der Waals surface area (Å²) >= 11 is 0. The van der Waals surface area contributed by atoms with Crippen LogP contribution in [-0.2, 0) is 0 Å². The van der Waals surface area contributed by atoms with Crippen molar-refractivity contribution >= 4 is 5.91 Å². The number of piperidine rings is 1. The molecule has 0 radical (unpaired) electrons. The molecule has 18 heavy (non-hydrogen) atoms. The summed E-state index contributed by atoms with van der Waals surface area (Å²) < 4.78 is 5.09. The third-order valence-corrected chi connectivity index (χ3v) is 3.50. The molecule has 1 aromatic heterocycles. The predicted molar refractivity (Wildman–Crippen MR) is 70.5 cm³/mol. The molecule has 0 unspecified atom stereocenters. The zero-order valence-corrected chi connectivity index (χ0v) is 11.0. The lowest BCUT2D eigenvalue weighted by Gasteiger charge is -2.32. The maximum Gasteiger partial charge on any atom is 0.287 e. The number of likely N-dealkylation sites (tertiary alicyclic amines) is 1. The molecule has 100 valence electrons. The van der Waals surface area contributed by atoms with Gasteiger partial charge in [-0.15, -0.1) is 0 Å². The van der Waals surface area contributed by atoms with E-state index in [4.69, 9.17) is 4.42 Å². The van der Waals surface area contributed by atoms with Crippen molar-refractivity contribution in [2.24, 2.45) is 0 Å². The van der Waals surface area contributed by atoms with Crippen LogP contribution in [-0.4, -0.2) is 36.5 Å². The van der Waals surface area contributed by atoms with Gasteiger partial charge in [-0.25, -0.2) is 0 Å². The fraction of sp³-hybridized carbons (Fsp3) is 0.643. The molecule has 0 bridgehead atoms. The second-order valence-electron chi connectivity index (χ2n) is 4.92. The molecule has 0 atom stereocenters. The number of nitrogens with one attached hydrogen (secondary N) is 1. The van der Waals surface area contributed by atoms with E-state index in [9.17, 15) is 4.79 Å². The van der Waals surface area contributed by atoms with Gasteiger partial charge in [-0.05, 0) is 37.9 Å². The molecule has 1 amide bonds. The summed E-state index contributed by atoms with van der Waals surface area (Å²) in [5.41, 5.74) is 0. The van der Waals surface area contributed by atoms with Crippen LogP contribution < -0.4 is 5.32 Å². The van der Waals surface area contributed by atoms with E-state index < -0.39 is 0 Å². The minimum atomic E-state index is -0.0907. The smallest absolute Gasteiger partial charge is 0.287 e. The van der Waals surface area contributed by atoms with Gasteiger partial charge in [0.2, 0.25) is 0 Å². The number of hydrogen-bond acceptors (Lipinski definition) is 3. The van der Waals surface area contributed by atoms with Gasteiger partial charge in [0.05, 0.1) is 6.26 Å². The third-order valence-electron chi connectivity index (χ3n) is 3.50. The van der Waals surface area contributed by atoms with E-state index in [0.29, 0.717) is 11.8 Å². The van der Waals surface area contributed by atoms with E-state index in [-0.39, 0.29) is 5.91 Å². The highest BCUT2D eigenvalue weighted by molar-refractivity contribution is 5.91. The number of hydrogen-bond donors (Lipinski definition) is 1. The maximum atomic E-state index is 11.8. The fourth-order valence-electron chi connectivity index (χ4n) is 2.35. The molecule has 1 aromatic rings. The molecular weight excluding hydrogens is 228 g/mol. The second-order valence-corrected chi connectivity index (χ2v) is 4.92. The average Bonchev–Trinajstić information content (AvgIpc) is 2.92. The Morgan fingerprint density at radius 1 is 1.50 bits per heavy atom. The van der Waals surface area contributed by atoms with E-state index >= 15 is 0 Å². The normalized spacial score (nSPS) is 17.8. The van der Waals surface area contributed by atoms with Crippen LogP contribution in [0.1, 0.15) is 43.2 Å². The van der Waals surface area contributed by atoms with Gasteiger partial charge in [-0.2, -0.15) is 0 Å². The first-order valence-corrected chi connectivity index (χ1v) is 6.86. The van der Waals surface area contributed by atoms with Crippen molar-refractivity contribution in [3.05, 3.63) is 24.2 Å². The Morgan fingerprint density at radius 3 is 2.89 bits per heavy atom. The summed E-state index contributed by atoms with van der Waals surface area (Å²) in [4.78, 5) is 14.3. The van der Waals surface area contributed by atoms with Crippen molar-refractivity contribution in [3.8, 4) is 0 Å². The third kappa shape index (κ3) is 3.60. The number of unbranched alkanes of at least 4 members (excludes halogenated alkanes) is 1. The van der Waals surface area contributed by atoms with Crippen LogP contribution in [0, 0.1) is 0 Å². The first-order chi connectivity index (χ1) is 8.79. The largest absolute Gasteiger partial charge is 0.459 e. The molecule has 2 heterocycles. The highest BCUT2D eigenvalue weighted by Gasteiger charge is 2.21. The van der Waals surface area contributed by atoms with Crippen LogP contribution in [0.3, 0.4) is 0 Å². The zero-order chi connectivity index (χ0) is 12.8. The molecule has 1 aliphatic heterocycles. The Bertz CT molecular complexity index is 354. The molecule has 1 fully saturated rings. The molecule has 2 rings (SSSR count). The summed E-state index contributed by atoms with van der Waals surface area (Å²) in [7, 11) is 0. The van der Waals surface area contributed by atoms with Crippen molar-refractivity contribution in [2.75, 3.05) is 19.6 Å². The summed E-state index contributed by atoms with van der Waals surface area (Å²) in [5, 5.41) is 3.04. The molecule has 1 saturated heterocycles. The van der Waals surface area contributed by atoms with Crippen molar-refractivity contribution in [1.82, 2.24) is 10.2 Å². The van der Waals surface area contributed by atoms with Crippen molar-refractivity contribution in [1.29, 1.82) is 0 Å². The topological polar surface area (TPSA) is 45.5 Å². The van der Waals surface area contributed by atoms with Crippen molar-refractivity contribution in [2.45, 2.75) is 38.6 Å². The summed E-state index contributed by atoms with van der Waals surface area (Å²) in [6.45, 7) is 5.58. The molecule has 0 aliphatic carbocycles. The Balaban J connectivity index is 1.72. The number of rotatable bonds is 5.